The van der Waals surface area contributed by atoms with Gasteiger partial charge in [-0.15, -0.1) is 0 Å². The molecule has 0 unspecified atom stereocenters. The van der Waals surface area contributed by atoms with E-state index in [1.54, 1.807) is 0 Å². The van der Waals surface area contributed by atoms with Gasteiger partial charge in [0.15, 0.2) is 12.1 Å². The molecule has 3 heteroatoms. The maximum atomic E-state index is 6.58. The van der Waals surface area contributed by atoms with E-state index in [9.17, 15) is 0 Å². The highest BCUT2D eigenvalue weighted by Gasteiger charge is 2.46. The van der Waals surface area contributed by atoms with Gasteiger partial charge >= 0.3 is 5.29 Å². The normalized spacial score (nSPS) is 21.6. The molecule has 2 aromatic carbocycles. The van der Waals surface area contributed by atoms with Gasteiger partial charge in [-0.3, -0.25) is 0 Å². The summed E-state index contributed by atoms with van der Waals surface area (Å²) < 4.78 is 2.18. The SMILES string of the molecule is Cc1ccccc1[C@@H]1[C@@H](c2ccccc2C)[N+](C)=C(Cl)N1C. The van der Waals surface area contributed by atoms with Crippen LogP contribution < -0.4 is 0 Å². The molecule has 3 rings (SSSR count). The van der Waals surface area contributed by atoms with E-state index in [4.69, 9.17) is 11.6 Å². The zero-order chi connectivity index (χ0) is 15.9. The van der Waals surface area contributed by atoms with E-state index in [1.165, 1.54) is 22.3 Å². The Morgan fingerprint density at radius 2 is 1.41 bits per heavy atom. The number of aryl methyl sites for hydroxylation is 2. The number of likely N-dealkylation sites (N-methyl/N-ethyl adjacent to an activating group) is 2. The summed E-state index contributed by atoms with van der Waals surface area (Å²) in [6.07, 6.45) is 0. The molecule has 0 N–H and O–H groups in total. The fourth-order valence-electron chi connectivity index (χ4n) is 3.50. The van der Waals surface area contributed by atoms with E-state index in [0.717, 1.165) is 5.29 Å². The van der Waals surface area contributed by atoms with Gasteiger partial charge in [-0.1, -0.05) is 48.5 Å². The molecule has 114 valence electrons. The number of nitrogens with zero attached hydrogens (tertiary/aromatic N) is 2. The summed E-state index contributed by atoms with van der Waals surface area (Å²) in [5.41, 5.74) is 5.27. The van der Waals surface area contributed by atoms with Gasteiger partial charge in [0.05, 0.1) is 14.1 Å². The fourth-order valence-corrected chi connectivity index (χ4v) is 3.71. The van der Waals surface area contributed by atoms with Crippen LogP contribution in [0.5, 0.6) is 0 Å². The first kappa shape index (κ1) is 15.1. The molecule has 0 bridgehead atoms. The van der Waals surface area contributed by atoms with E-state index in [-0.39, 0.29) is 12.1 Å². The van der Waals surface area contributed by atoms with E-state index >= 15 is 0 Å². The van der Waals surface area contributed by atoms with Crippen molar-refractivity contribution in [3.8, 4) is 0 Å². The largest absolute Gasteiger partial charge is 0.345 e. The number of benzene rings is 2. The van der Waals surface area contributed by atoms with Crippen LogP contribution in [-0.2, 0) is 0 Å². The van der Waals surface area contributed by atoms with Crippen molar-refractivity contribution in [1.82, 2.24) is 4.90 Å². The Labute approximate surface area is 137 Å². The lowest BCUT2D eigenvalue weighted by molar-refractivity contribution is -0.537. The van der Waals surface area contributed by atoms with Crippen LogP contribution in [0, 0.1) is 13.8 Å². The summed E-state index contributed by atoms with van der Waals surface area (Å²) in [6.45, 7) is 4.34. The lowest BCUT2D eigenvalue weighted by atomic mass is 9.89. The first-order valence-electron chi connectivity index (χ1n) is 7.61. The third-order valence-electron chi connectivity index (χ3n) is 4.73. The molecule has 0 saturated heterocycles. The van der Waals surface area contributed by atoms with Crippen molar-refractivity contribution in [2.75, 3.05) is 14.1 Å². The molecule has 0 spiro atoms. The average molecular weight is 314 g/mol. The minimum Gasteiger partial charge on any atom is -0.242 e. The van der Waals surface area contributed by atoms with Gasteiger partial charge in [0.25, 0.3) is 0 Å². The molecular formula is C19H22ClN2+. The van der Waals surface area contributed by atoms with Crippen molar-refractivity contribution in [2.45, 2.75) is 25.9 Å². The van der Waals surface area contributed by atoms with Crippen molar-refractivity contribution in [3.05, 3.63) is 70.8 Å². The highest BCUT2D eigenvalue weighted by Crippen LogP contribution is 2.42. The summed E-state index contributed by atoms with van der Waals surface area (Å²) in [5, 5.41) is 0.793. The molecule has 0 aromatic heterocycles. The van der Waals surface area contributed by atoms with Crippen molar-refractivity contribution in [3.63, 3.8) is 0 Å². The van der Waals surface area contributed by atoms with Crippen LogP contribution in [0.4, 0.5) is 0 Å². The Morgan fingerprint density at radius 1 is 0.909 bits per heavy atom. The van der Waals surface area contributed by atoms with Gasteiger partial charge in [0.2, 0.25) is 0 Å². The standard InChI is InChI=1S/C19H22ClN2/c1-13-9-5-7-11-15(13)17-18(22(4)19(20)21(17)3)16-12-8-6-10-14(16)2/h5-12,17-18H,1-4H3/q+1/t17-,18-/m1/s1. The molecule has 0 saturated carbocycles. The lowest BCUT2D eigenvalue weighted by Gasteiger charge is -2.23. The van der Waals surface area contributed by atoms with Gasteiger partial charge < -0.3 is 0 Å². The number of amidine groups is 1. The molecule has 2 atom stereocenters. The van der Waals surface area contributed by atoms with Gasteiger partial charge in [-0.2, -0.15) is 0 Å². The molecule has 0 fully saturated rings. The van der Waals surface area contributed by atoms with Gasteiger partial charge in [-0.25, -0.2) is 9.48 Å². The van der Waals surface area contributed by atoms with Crippen molar-refractivity contribution in [1.29, 1.82) is 0 Å². The second kappa shape index (κ2) is 5.77. The lowest BCUT2D eigenvalue weighted by Crippen LogP contribution is -2.25. The van der Waals surface area contributed by atoms with Crippen LogP contribution in [0.25, 0.3) is 0 Å². The van der Waals surface area contributed by atoms with Crippen molar-refractivity contribution >= 4 is 16.9 Å². The predicted octanol–water partition coefficient (Wildman–Crippen LogP) is 4.27. The summed E-state index contributed by atoms with van der Waals surface area (Å²) in [7, 11) is 4.16. The zero-order valence-electron chi connectivity index (χ0n) is 13.5. The van der Waals surface area contributed by atoms with E-state index in [1.807, 2.05) is 0 Å². The Kier molecular flexibility index (Phi) is 3.96. The average Bonchev–Trinajstić information content (AvgIpc) is 2.73. The minimum absolute atomic E-state index is 0.222. The predicted molar refractivity (Wildman–Crippen MR) is 92.6 cm³/mol. The van der Waals surface area contributed by atoms with Crippen LogP contribution in [0.3, 0.4) is 0 Å². The van der Waals surface area contributed by atoms with Gasteiger partial charge in [0.1, 0.15) is 0 Å². The highest BCUT2D eigenvalue weighted by molar-refractivity contribution is 6.63. The Balaban J connectivity index is 2.17. The Morgan fingerprint density at radius 3 is 1.95 bits per heavy atom. The summed E-state index contributed by atoms with van der Waals surface area (Å²) in [5.74, 6) is 0. The monoisotopic (exact) mass is 313 g/mol. The molecule has 1 heterocycles. The molecule has 22 heavy (non-hydrogen) atoms. The fraction of sp³-hybridized carbons (Fsp3) is 0.316. The van der Waals surface area contributed by atoms with Crippen molar-refractivity contribution < 1.29 is 4.58 Å². The Hall–Kier alpha value is -1.80. The number of halogens is 1. The molecule has 2 nitrogen and oxygen atoms in total. The van der Waals surface area contributed by atoms with Crippen LogP contribution in [0.15, 0.2) is 48.5 Å². The summed E-state index contributed by atoms with van der Waals surface area (Å²) >= 11 is 6.58. The van der Waals surface area contributed by atoms with Gasteiger partial charge in [0, 0.05) is 22.7 Å². The van der Waals surface area contributed by atoms with Gasteiger partial charge in [-0.05, 0) is 25.0 Å². The number of hydrogen-bond donors (Lipinski definition) is 0. The summed E-state index contributed by atoms with van der Waals surface area (Å²) in [4.78, 5) is 2.18. The van der Waals surface area contributed by atoms with Crippen LogP contribution >= 0.6 is 11.6 Å². The van der Waals surface area contributed by atoms with E-state index in [2.05, 4.69) is 85.9 Å². The Bertz CT molecular complexity index is 736. The third kappa shape index (κ3) is 2.32. The number of hydrogen-bond acceptors (Lipinski definition) is 1. The molecule has 0 aliphatic carbocycles. The maximum Gasteiger partial charge on any atom is 0.345 e. The first-order valence-corrected chi connectivity index (χ1v) is 7.99. The van der Waals surface area contributed by atoms with Crippen LogP contribution in [0.2, 0.25) is 0 Å². The number of rotatable bonds is 2. The zero-order valence-corrected chi connectivity index (χ0v) is 14.3. The minimum atomic E-state index is 0.222. The van der Waals surface area contributed by atoms with Crippen LogP contribution in [-0.4, -0.2) is 28.9 Å². The third-order valence-corrected chi connectivity index (χ3v) is 5.26. The van der Waals surface area contributed by atoms with E-state index in [0.29, 0.717) is 0 Å². The molecular weight excluding hydrogens is 292 g/mol. The maximum absolute atomic E-state index is 6.58. The molecule has 0 amide bonds. The van der Waals surface area contributed by atoms with Crippen LogP contribution in [0.1, 0.15) is 34.3 Å². The van der Waals surface area contributed by atoms with Crippen molar-refractivity contribution in [2.24, 2.45) is 0 Å². The van der Waals surface area contributed by atoms with E-state index < -0.39 is 0 Å². The quantitative estimate of drug-likeness (QED) is 0.593. The smallest absolute Gasteiger partial charge is 0.242 e. The first-order chi connectivity index (χ1) is 10.5. The summed E-state index contributed by atoms with van der Waals surface area (Å²) in [6, 6.07) is 17.6. The topological polar surface area (TPSA) is 6.25 Å². The molecule has 0 radical (unpaired) electrons. The molecule has 1 aliphatic heterocycles. The molecule has 2 aromatic rings. The molecule has 1 aliphatic rings. The second-order valence-corrected chi connectivity index (χ2v) is 6.43. The highest BCUT2D eigenvalue weighted by atomic mass is 35.5. The second-order valence-electron chi connectivity index (χ2n) is 6.09.